The van der Waals surface area contributed by atoms with Crippen molar-refractivity contribution in [2.75, 3.05) is 5.32 Å². The molecule has 2 aromatic rings. The van der Waals surface area contributed by atoms with E-state index in [1.807, 2.05) is 12.1 Å². The average molecular weight is 285 g/mol. The standard InChI is InChI=1S/C15H19N5O/c16-12-6-4-11(5-7-12)15(21)19-13-3-1-8-17-14(13)20-10-2-9-18-20/h1-3,8-12H,4-7,16H2,(H,19,21). The fraction of sp³-hybridized carbons (Fsp3) is 0.400. The molecule has 3 N–H and O–H groups in total. The largest absolute Gasteiger partial charge is 0.328 e. The molecule has 3 rings (SSSR count). The number of nitrogens with zero attached hydrogens (tertiary/aromatic N) is 3. The molecule has 2 heterocycles. The summed E-state index contributed by atoms with van der Waals surface area (Å²) < 4.78 is 1.65. The minimum absolute atomic E-state index is 0.0375. The third kappa shape index (κ3) is 3.11. The first-order valence-corrected chi connectivity index (χ1v) is 7.25. The fourth-order valence-corrected chi connectivity index (χ4v) is 2.69. The SMILES string of the molecule is NC1CCC(C(=O)Nc2cccnc2-n2cccn2)CC1. The van der Waals surface area contributed by atoms with Gasteiger partial charge in [0.15, 0.2) is 5.82 Å². The van der Waals surface area contributed by atoms with E-state index < -0.39 is 0 Å². The monoisotopic (exact) mass is 285 g/mol. The van der Waals surface area contributed by atoms with Gasteiger partial charge in [-0.2, -0.15) is 5.10 Å². The van der Waals surface area contributed by atoms with Crippen LogP contribution in [0.2, 0.25) is 0 Å². The quantitative estimate of drug-likeness (QED) is 0.899. The first kappa shape index (κ1) is 13.8. The number of anilines is 1. The lowest BCUT2D eigenvalue weighted by atomic mass is 9.86. The normalized spacial score (nSPS) is 22.0. The summed E-state index contributed by atoms with van der Waals surface area (Å²) in [5, 5.41) is 7.14. The molecular weight excluding hydrogens is 266 g/mol. The first-order chi connectivity index (χ1) is 10.2. The number of carbonyl (C=O) groups is 1. The molecule has 0 spiro atoms. The highest BCUT2D eigenvalue weighted by Gasteiger charge is 2.25. The Bertz CT molecular complexity index is 602. The Kier molecular flexibility index (Phi) is 3.96. The number of aromatic nitrogens is 3. The summed E-state index contributed by atoms with van der Waals surface area (Å²) in [5.74, 6) is 0.710. The maximum atomic E-state index is 12.4. The van der Waals surface area contributed by atoms with Crippen LogP contribution in [-0.4, -0.2) is 26.7 Å². The Morgan fingerprint density at radius 3 is 2.76 bits per heavy atom. The number of hydrogen-bond donors (Lipinski definition) is 2. The fourth-order valence-electron chi connectivity index (χ4n) is 2.69. The van der Waals surface area contributed by atoms with Crippen LogP contribution in [0.25, 0.3) is 5.82 Å². The van der Waals surface area contributed by atoms with Gasteiger partial charge in [0.05, 0.1) is 5.69 Å². The van der Waals surface area contributed by atoms with Crippen LogP contribution in [0.1, 0.15) is 25.7 Å². The third-order valence-electron chi connectivity index (χ3n) is 3.91. The smallest absolute Gasteiger partial charge is 0.227 e. The molecule has 1 amide bonds. The van der Waals surface area contributed by atoms with E-state index in [-0.39, 0.29) is 17.9 Å². The molecule has 6 heteroatoms. The number of pyridine rings is 1. The zero-order valence-corrected chi connectivity index (χ0v) is 11.8. The topological polar surface area (TPSA) is 85.8 Å². The highest BCUT2D eigenvalue weighted by molar-refractivity contribution is 5.94. The van der Waals surface area contributed by atoms with Crippen LogP contribution >= 0.6 is 0 Å². The molecule has 1 fully saturated rings. The number of rotatable bonds is 3. The second kappa shape index (κ2) is 6.05. The zero-order chi connectivity index (χ0) is 14.7. The molecule has 0 unspecified atom stereocenters. The van der Waals surface area contributed by atoms with Gasteiger partial charge in [-0.3, -0.25) is 4.79 Å². The minimum Gasteiger partial charge on any atom is -0.328 e. The predicted molar refractivity (Wildman–Crippen MR) is 79.9 cm³/mol. The number of nitrogens with one attached hydrogen (secondary N) is 1. The zero-order valence-electron chi connectivity index (χ0n) is 11.8. The van der Waals surface area contributed by atoms with Crippen molar-refractivity contribution in [3.05, 3.63) is 36.8 Å². The summed E-state index contributed by atoms with van der Waals surface area (Å²) in [6.45, 7) is 0. The van der Waals surface area contributed by atoms with Gasteiger partial charge in [-0.25, -0.2) is 9.67 Å². The van der Waals surface area contributed by atoms with Crippen LogP contribution in [0.15, 0.2) is 36.8 Å². The number of hydrogen-bond acceptors (Lipinski definition) is 4. The van der Waals surface area contributed by atoms with Crippen LogP contribution in [0, 0.1) is 5.92 Å². The van der Waals surface area contributed by atoms with Crippen LogP contribution in [0.5, 0.6) is 0 Å². The highest BCUT2D eigenvalue weighted by Crippen LogP contribution is 2.25. The van der Waals surface area contributed by atoms with Crippen molar-refractivity contribution in [2.45, 2.75) is 31.7 Å². The Labute approximate surface area is 123 Å². The number of amides is 1. The molecule has 1 saturated carbocycles. The van der Waals surface area contributed by atoms with Crippen molar-refractivity contribution in [2.24, 2.45) is 11.7 Å². The molecule has 0 saturated heterocycles. The molecule has 2 aromatic heterocycles. The van der Waals surface area contributed by atoms with Crippen LogP contribution in [-0.2, 0) is 4.79 Å². The molecular formula is C15H19N5O. The second-order valence-corrected chi connectivity index (χ2v) is 5.43. The Morgan fingerprint density at radius 1 is 1.24 bits per heavy atom. The summed E-state index contributed by atoms with van der Waals surface area (Å²) in [6.07, 6.45) is 8.70. The molecule has 110 valence electrons. The predicted octanol–water partition coefficient (Wildman–Crippen LogP) is 1.72. The Balaban J connectivity index is 1.75. The van der Waals surface area contributed by atoms with Crippen molar-refractivity contribution in [1.29, 1.82) is 0 Å². The molecule has 0 atom stereocenters. The van der Waals surface area contributed by atoms with Gasteiger partial charge in [0.1, 0.15) is 0 Å². The van der Waals surface area contributed by atoms with E-state index in [1.165, 1.54) is 0 Å². The lowest BCUT2D eigenvalue weighted by Crippen LogP contribution is -2.32. The molecule has 6 nitrogen and oxygen atoms in total. The third-order valence-corrected chi connectivity index (χ3v) is 3.91. The highest BCUT2D eigenvalue weighted by atomic mass is 16.1. The Hall–Kier alpha value is -2.21. The first-order valence-electron chi connectivity index (χ1n) is 7.25. The van der Waals surface area contributed by atoms with Gasteiger partial charge >= 0.3 is 0 Å². The van der Waals surface area contributed by atoms with E-state index in [0.29, 0.717) is 11.5 Å². The van der Waals surface area contributed by atoms with E-state index in [1.54, 1.807) is 29.3 Å². The van der Waals surface area contributed by atoms with Crippen molar-refractivity contribution < 1.29 is 4.79 Å². The molecule has 1 aliphatic carbocycles. The van der Waals surface area contributed by atoms with Crippen molar-refractivity contribution >= 4 is 11.6 Å². The van der Waals surface area contributed by atoms with Gasteiger partial charge in [-0.15, -0.1) is 0 Å². The summed E-state index contributed by atoms with van der Waals surface area (Å²) >= 11 is 0. The molecule has 0 aromatic carbocycles. The van der Waals surface area contributed by atoms with Gasteiger partial charge in [0.2, 0.25) is 5.91 Å². The van der Waals surface area contributed by atoms with Crippen LogP contribution in [0.3, 0.4) is 0 Å². The Morgan fingerprint density at radius 2 is 2.05 bits per heavy atom. The van der Waals surface area contributed by atoms with Gasteiger partial charge < -0.3 is 11.1 Å². The molecule has 0 aliphatic heterocycles. The molecule has 0 radical (unpaired) electrons. The summed E-state index contributed by atoms with van der Waals surface area (Å²) in [7, 11) is 0. The van der Waals surface area contributed by atoms with Crippen molar-refractivity contribution in [1.82, 2.24) is 14.8 Å². The van der Waals surface area contributed by atoms with Gasteiger partial charge in [0.25, 0.3) is 0 Å². The molecule has 21 heavy (non-hydrogen) atoms. The van der Waals surface area contributed by atoms with E-state index in [0.717, 1.165) is 25.7 Å². The summed E-state index contributed by atoms with van der Waals surface area (Å²) in [4.78, 5) is 16.7. The molecule has 0 bridgehead atoms. The van der Waals surface area contributed by atoms with Crippen molar-refractivity contribution in [3.8, 4) is 5.82 Å². The minimum atomic E-state index is 0.0375. The van der Waals surface area contributed by atoms with Crippen LogP contribution in [0.4, 0.5) is 5.69 Å². The van der Waals surface area contributed by atoms with E-state index >= 15 is 0 Å². The molecule has 1 aliphatic rings. The van der Waals surface area contributed by atoms with Gasteiger partial charge in [0, 0.05) is 30.6 Å². The van der Waals surface area contributed by atoms with E-state index in [9.17, 15) is 4.79 Å². The lowest BCUT2D eigenvalue weighted by Gasteiger charge is -2.25. The average Bonchev–Trinajstić information content (AvgIpc) is 3.02. The van der Waals surface area contributed by atoms with Crippen molar-refractivity contribution in [3.63, 3.8) is 0 Å². The number of carbonyl (C=O) groups excluding carboxylic acids is 1. The summed E-state index contributed by atoms with van der Waals surface area (Å²) in [6, 6.07) is 5.71. The lowest BCUT2D eigenvalue weighted by molar-refractivity contribution is -0.120. The maximum absolute atomic E-state index is 12.4. The second-order valence-electron chi connectivity index (χ2n) is 5.43. The number of nitrogens with two attached hydrogens (primary N) is 1. The van der Waals surface area contributed by atoms with E-state index in [4.69, 9.17) is 5.73 Å². The maximum Gasteiger partial charge on any atom is 0.227 e. The summed E-state index contributed by atoms with van der Waals surface area (Å²) in [5.41, 5.74) is 6.57. The van der Waals surface area contributed by atoms with E-state index in [2.05, 4.69) is 15.4 Å². The van der Waals surface area contributed by atoms with Gasteiger partial charge in [-0.05, 0) is 43.9 Å². The van der Waals surface area contributed by atoms with Crippen LogP contribution < -0.4 is 11.1 Å². The van der Waals surface area contributed by atoms with Gasteiger partial charge in [-0.1, -0.05) is 0 Å².